The topological polar surface area (TPSA) is 108 Å². The number of halogens is 2. The van der Waals surface area contributed by atoms with Crippen LogP contribution < -0.4 is 4.74 Å². The van der Waals surface area contributed by atoms with Gasteiger partial charge in [-0.2, -0.15) is 0 Å². The number of nitrogens with zero attached hydrogens (tertiary/aromatic N) is 3. The zero-order chi connectivity index (χ0) is 22.7. The minimum absolute atomic E-state index is 0.125. The van der Waals surface area contributed by atoms with Crippen molar-refractivity contribution in [3.05, 3.63) is 94.4 Å². The summed E-state index contributed by atoms with van der Waals surface area (Å²) >= 11 is 6.83. The van der Waals surface area contributed by atoms with Crippen LogP contribution in [0, 0.1) is 34.1 Å². The van der Waals surface area contributed by atoms with Gasteiger partial charge in [-0.25, -0.2) is 0 Å². The first-order valence-electron chi connectivity index (χ1n) is 8.86. The molecule has 0 amide bonds. The number of hydrogen-bond acceptors (Lipinski definition) is 6. The second-order valence-corrected chi connectivity index (χ2v) is 8.39. The average molecular weight is 549 g/mol. The van der Waals surface area contributed by atoms with Crippen LogP contribution in [0.2, 0.25) is 0 Å². The zero-order valence-electron chi connectivity index (χ0n) is 16.3. The van der Waals surface area contributed by atoms with Crippen molar-refractivity contribution in [3.8, 4) is 11.5 Å². The molecule has 158 valence electrons. The van der Waals surface area contributed by atoms with Crippen LogP contribution >= 0.6 is 31.9 Å². The molecule has 0 aliphatic carbocycles. The monoisotopic (exact) mass is 547 g/mol. The summed E-state index contributed by atoms with van der Waals surface area (Å²) in [5, 5.41) is 22.4. The molecule has 0 bridgehead atoms. The molecule has 0 radical (unpaired) electrons. The Morgan fingerprint density at radius 3 is 2.35 bits per heavy atom. The quantitative estimate of drug-likeness (QED) is 0.184. The highest BCUT2D eigenvalue weighted by Gasteiger charge is 2.23. The molecule has 0 N–H and O–H groups in total. The van der Waals surface area contributed by atoms with Gasteiger partial charge in [0.2, 0.25) is 5.75 Å². The SMILES string of the molecule is Cc1ccc(N=Cc2cc(Br)cc(Br)c2Oc2ccc([N+](=O)[O-])cc2[N+](=O)[O-])c(C)c1. The number of aryl methyl sites for hydroxylation is 2. The smallest absolute Gasteiger partial charge is 0.318 e. The van der Waals surface area contributed by atoms with Crippen LogP contribution in [0.15, 0.2) is 62.5 Å². The molecule has 3 aromatic rings. The van der Waals surface area contributed by atoms with Crippen LogP contribution in [-0.2, 0) is 0 Å². The van der Waals surface area contributed by atoms with Gasteiger partial charge >= 0.3 is 5.69 Å². The summed E-state index contributed by atoms with van der Waals surface area (Å²) in [4.78, 5) is 25.5. The maximum atomic E-state index is 11.4. The normalized spacial score (nSPS) is 11.0. The Hall–Kier alpha value is -3.11. The predicted molar refractivity (Wildman–Crippen MR) is 125 cm³/mol. The summed E-state index contributed by atoms with van der Waals surface area (Å²) in [5.74, 6) is 0.161. The summed E-state index contributed by atoms with van der Waals surface area (Å²) in [6, 6.07) is 12.6. The van der Waals surface area contributed by atoms with Gasteiger partial charge in [0, 0.05) is 22.3 Å². The molecule has 3 aromatic carbocycles. The first-order chi connectivity index (χ1) is 14.7. The van der Waals surface area contributed by atoms with Gasteiger partial charge in [-0.15, -0.1) is 0 Å². The molecular formula is C21H15Br2N3O5. The molecule has 0 saturated carbocycles. The van der Waals surface area contributed by atoms with Crippen molar-refractivity contribution in [3.63, 3.8) is 0 Å². The third-order valence-corrected chi connectivity index (χ3v) is 5.34. The van der Waals surface area contributed by atoms with E-state index in [-0.39, 0.29) is 11.5 Å². The fraction of sp³-hybridized carbons (Fsp3) is 0.0952. The van der Waals surface area contributed by atoms with Crippen LogP contribution in [-0.4, -0.2) is 16.1 Å². The summed E-state index contributed by atoms with van der Waals surface area (Å²) < 4.78 is 7.10. The highest BCUT2D eigenvalue weighted by molar-refractivity contribution is 9.11. The number of aliphatic imine (C=N–C) groups is 1. The van der Waals surface area contributed by atoms with Crippen LogP contribution in [0.5, 0.6) is 11.5 Å². The van der Waals surface area contributed by atoms with Gasteiger partial charge in [0.15, 0.2) is 5.75 Å². The summed E-state index contributed by atoms with van der Waals surface area (Å²) in [7, 11) is 0. The molecule has 0 spiro atoms. The average Bonchev–Trinajstić information content (AvgIpc) is 2.69. The highest BCUT2D eigenvalue weighted by atomic mass is 79.9. The van der Waals surface area contributed by atoms with Crippen molar-refractivity contribution in [2.75, 3.05) is 0 Å². The molecule has 31 heavy (non-hydrogen) atoms. The zero-order valence-corrected chi connectivity index (χ0v) is 19.5. The number of hydrogen-bond donors (Lipinski definition) is 0. The number of nitro groups is 2. The second kappa shape index (κ2) is 9.36. The van der Waals surface area contributed by atoms with Crippen molar-refractivity contribution >= 4 is 55.1 Å². The molecular weight excluding hydrogens is 534 g/mol. The molecule has 0 atom stereocenters. The fourth-order valence-electron chi connectivity index (χ4n) is 2.83. The summed E-state index contributed by atoms with van der Waals surface area (Å²) in [5.41, 5.74) is 2.53. The Morgan fingerprint density at radius 2 is 1.71 bits per heavy atom. The Bertz CT molecular complexity index is 1230. The van der Waals surface area contributed by atoms with E-state index < -0.39 is 21.2 Å². The Labute approximate surface area is 194 Å². The lowest BCUT2D eigenvalue weighted by atomic mass is 10.1. The van der Waals surface area contributed by atoms with Crippen molar-refractivity contribution in [2.24, 2.45) is 4.99 Å². The second-order valence-electron chi connectivity index (χ2n) is 6.62. The molecule has 0 aliphatic rings. The largest absolute Gasteiger partial charge is 0.448 e. The molecule has 0 unspecified atom stereocenters. The Morgan fingerprint density at radius 1 is 0.968 bits per heavy atom. The van der Waals surface area contributed by atoms with Gasteiger partial charge in [0.25, 0.3) is 5.69 Å². The first kappa shape index (κ1) is 22.6. The first-order valence-corrected chi connectivity index (χ1v) is 10.5. The molecule has 8 nitrogen and oxygen atoms in total. The van der Waals surface area contributed by atoms with E-state index in [4.69, 9.17) is 4.74 Å². The van der Waals surface area contributed by atoms with E-state index in [0.717, 1.165) is 33.4 Å². The maximum absolute atomic E-state index is 11.4. The molecule has 0 saturated heterocycles. The van der Waals surface area contributed by atoms with Gasteiger partial charge in [-0.05, 0) is 59.6 Å². The highest BCUT2D eigenvalue weighted by Crippen LogP contribution is 2.40. The fourth-order valence-corrected chi connectivity index (χ4v) is 4.17. The van der Waals surface area contributed by atoms with Crippen molar-refractivity contribution in [2.45, 2.75) is 13.8 Å². The molecule has 10 heteroatoms. The van der Waals surface area contributed by atoms with Gasteiger partial charge < -0.3 is 4.74 Å². The number of nitro benzene ring substituents is 2. The molecule has 3 rings (SSSR count). The van der Waals surface area contributed by atoms with E-state index in [0.29, 0.717) is 10.0 Å². The predicted octanol–water partition coefficient (Wildman–Crippen LogP) is 7.19. The maximum Gasteiger partial charge on any atom is 0.318 e. The molecule has 0 aromatic heterocycles. The molecule has 0 fully saturated rings. The van der Waals surface area contributed by atoms with E-state index in [1.807, 2.05) is 32.0 Å². The lowest BCUT2D eigenvalue weighted by Gasteiger charge is -2.12. The number of ether oxygens (including phenoxy) is 1. The minimum Gasteiger partial charge on any atom is -0.448 e. The van der Waals surface area contributed by atoms with Gasteiger partial charge in [-0.1, -0.05) is 33.6 Å². The Balaban J connectivity index is 2.06. The third kappa shape index (κ3) is 5.33. The van der Waals surface area contributed by atoms with E-state index in [2.05, 4.69) is 36.9 Å². The Kier molecular flexibility index (Phi) is 6.81. The van der Waals surface area contributed by atoms with Gasteiger partial charge in [-0.3, -0.25) is 25.2 Å². The lowest BCUT2D eigenvalue weighted by molar-refractivity contribution is -0.394. The van der Waals surface area contributed by atoms with E-state index in [1.54, 1.807) is 18.3 Å². The van der Waals surface area contributed by atoms with Crippen molar-refractivity contribution < 1.29 is 14.6 Å². The lowest BCUT2D eigenvalue weighted by Crippen LogP contribution is -1.98. The number of non-ortho nitro benzene ring substituents is 1. The van der Waals surface area contributed by atoms with Crippen LogP contribution in [0.1, 0.15) is 16.7 Å². The van der Waals surface area contributed by atoms with E-state index in [9.17, 15) is 20.2 Å². The van der Waals surface area contributed by atoms with Crippen LogP contribution in [0.3, 0.4) is 0 Å². The van der Waals surface area contributed by atoms with E-state index in [1.165, 1.54) is 6.07 Å². The summed E-state index contributed by atoms with van der Waals surface area (Å²) in [6.07, 6.45) is 1.60. The van der Waals surface area contributed by atoms with Crippen LogP contribution in [0.4, 0.5) is 17.1 Å². The van der Waals surface area contributed by atoms with Crippen molar-refractivity contribution in [1.29, 1.82) is 0 Å². The van der Waals surface area contributed by atoms with Crippen molar-refractivity contribution in [1.82, 2.24) is 0 Å². The third-order valence-electron chi connectivity index (χ3n) is 4.29. The summed E-state index contributed by atoms with van der Waals surface area (Å²) in [6.45, 7) is 3.95. The van der Waals surface area contributed by atoms with Gasteiger partial charge in [0.05, 0.1) is 26.1 Å². The molecule has 0 heterocycles. The molecule has 0 aliphatic heterocycles. The number of rotatable bonds is 6. The minimum atomic E-state index is -0.724. The van der Waals surface area contributed by atoms with Crippen LogP contribution in [0.25, 0.3) is 0 Å². The van der Waals surface area contributed by atoms with E-state index >= 15 is 0 Å². The standard InChI is InChI=1S/C21H15Br2N3O5/c1-12-3-5-18(13(2)7-12)24-11-14-8-15(22)9-17(23)21(14)31-20-6-4-16(25(27)28)10-19(20)26(29)30/h3-11H,1-2H3. The van der Waals surface area contributed by atoms with Gasteiger partial charge in [0.1, 0.15) is 0 Å². The number of benzene rings is 3.